The Kier molecular flexibility index (Phi) is 4.20. The summed E-state index contributed by atoms with van der Waals surface area (Å²) in [6.07, 6.45) is 7.88. The highest BCUT2D eigenvalue weighted by molar-refractivity contribution is 5.39. The Hall–Kier alpha value is -2.35. The Balaban J connectivity index is 1.70. The molecule has 2 heteroatoms. The number of aryl methyl sites for hydroxylation is 1. The highest BCUT2D eigenvalue weighted by Crippen LogP contribution is 2.49. The van der Waals surface area contributed by atoms with Crippen molar-refractivity contribution >= 4 is 0 Å². The molecule has 1 saturated carbocycles. The molecule has 2 aromatic carbocycles. The first-order valence-corrected chi connectivity index (χ1v) is 9.29. The minimum Gasteiger partial charge on any atom is -0.334 e. The van der Waals surface area contributed by atoms with Gasteiger partial charge >= 0.3 is 0 Å². The second-order valence-corrected chi connectivity index (χ2v) is 7.56. The summed E-state index contributed by atoms with van der Waals surface area (Å²) < 4.78 is 2.33. The first-order valence-electron chi connectivity index (χ1n) is 9.29. The number of hydrogen-bond acceptors (Lipinski definition) is 1. The van der Waals surface area contributed by atoms with E-state index in [-0.39, 0.29) is 5.41 Å². The summed E-state index contributed by atoms with van der Waals surface area (Å²) in [7, 11) is 0. The van der Waals surface area contributed by atoms with Crippen molar-refractivity contribution in [1.29, 1.82) is 0 Å². The Morgan fingerprint density at radius 3 is 2.04 bits per heavy atom. The molecule has 1 aromatic heterocycles. The number of rotatable bonds is 4. The molecule has 2 nitrogen and oxygen atoms in total. The summed E-state index contributed by atoms with van der Waals surface area (Å²) in [5.41, 5.74) is 4.01. The van der Waals surface area contributed by atoms with Gasteiger partial charge in [-0.05, 0) is 43.2 Å². The largest absolute Gasteiger partial charge is 0.334 e. The first-order chi connectivity index (χ1) is 12.2. The highest BCUT2D eigenvalue weighted by atomic mass is 15.1. The molecule has 1 fully saturated rings. The van der Waals surface area contributed by atoms with Crippen molar-refractivity contribution in [3.63, 3.8) is 0 Å². The van der Waals surface area contributed by atoms with Gasteiger partial charge in [0.2, 0.25) is 0 Å². The summed E-state index contributed by atoms with van der Waals surface area (Å²) in [5.74, 6) is 0.630. The van der Waals surface area contributed by atoms with Crippen molar-refractivity contribution in [3.8, 4) is 0 Å². The molecular weight excluding hydrogens is 304 g/mol. The van der Waals surface area contributed by atoms with Gasteiger partial charge in [0.25, 0.3) is 0 Å². The molecule has 2 atom stereocenters. The minimum atomic E-state index is 0.0485. The number of aromatic nitrogens is 2. The fourth-order valence-corrected chi connectivity index (χ4v) is 4.60. The lowest BCUT2D eigenvalue weighted by Gasteiger charge is -2.37. The monoisotopic (exact) mass is 330 g/mol. The van der Waals surface area contributed by atoms with Crippen molar-refractivity contribution in [2.45, 2.75) is 44.6 Å². The van der Waals surface area contributed by atoms with Crippen LogP contribution in [0.3, 0.4) is 0 Å². The summed E-state index contributed by atoms with van der Waals surface area (Å²) in [6.45, 7) is 4.50. The third kappa shape index (κ3) is 2.90. The SMILES string of the molecule is Cc1cn(C2CCC(C(C)(c3ccccc3)c3ccccc3)C2)cn1. The average Bonchev–Trinajstić information content (AvgIpc) is 3.32. The maximum atomic E-state index is 4.43. The van der Waals surface area contributed by atoms with Gasteiger partial charge in [-0.1, -0.05) is 67.6 Å². The van der Waals surface area contributed by atoms with Crippen LogP contribution >= 0.6 is 0 Å². The Morgan fingerprint density at radius 2 is 1.52 bits per heavy atom. The number of nitrogens with zero attached hydrogens (tertiary/aromatic N) is 2. The smallest absolute Gasteiger partial charge is 0.0951 e. The van der Waals surface area contributed by atoms with Crippen LogP contribution in [0.15, 0.2) is 73.2 Å². The van der Waals surface area contributed by atoms with Crippen LogP contribution in [-0.2, 0) is 5.41 Å². The molecule has 3 aromatic rings. The van der Waals surface area contributed by atoms with E-state index in [0.29, 0.717) is 12.0 Å². The molecular formula is C23H26N2. The van der Waals surface area contributed by atoms with E-state index in [1.54, 1.807) is 0 Å². The average molecular weight is 330 g/mol. The number of imidazole rings is 1. The summed E-state index contributed by atoms with van der Waals surface area (Å²) in [4.78, 5) is 4.43. The van der Waals surface area contributed by atoms with E-state index in [2.05, 4.69) is 90.3 Å². The van der Waals surface area contributed by atoms with E-state index in [1.807, 2.05) is 6.33 Å². The van der Waals surface area contributed by atoms with Crippen LogP contribution in [-0.4, -0.2) is 9.55 Å². The molecule has 0 N–H and O–H groups in total. The van der Waals surface area contributed by atoms with Crippen LogP contribution in [0.5, 0.6) is 0 Å². The first kappa shape index (κ1) is 16.1. The molecule has 1 heterocycles. The normalized spacial score (nSPS) is 20.7. The van der Waals surface area contributed by atoms with Gasteiger partial charge in [0.15, 0.2) is 0 Å². The lowest BCUT2D eigenvalue weighted by Crippen LogP contribution is -2.32. The fraction of sp³-hybridized carbons (Fsp3) is 0.348. The third-order valence-corrected chi connectivity index (χ3v) is 6.12. The molecule has 1 aliphatic rings. The van der Waals surface area contributed by atoms with E-state index < -0.39 is 0 Å². The van der Waals surface area contributed by atoms with Crippen LogP contribution in [0, 0.1) is 12.8 Å². The zero-order chi connectivity index (χ0) is 17.3. The number of hydrogen-bond donors (Lipinski definition) is 0. The lowest BCUT2D eigenvalue weighted by molar-refractivity contribution is 0.339. The van der Waals surface area contributed by atoms with E-state index >= 15 is 0 Å². The van der Waals surface area contributed by atoms with Gasteiger partial charge < -0.3 is 4.57 Å². The molecule has 0 saturated heterocycles. The molecule has 0 bridgehead atoms. The minimum absolute atomic E-state index is 0.0485. The van der Waals surface area contributed by atoms with Crippen LogP contribution in [0.4, 0.5) is 0 Å². The van der Waals surface area contributed by atoms with Gasteiger partial charge in [-0.3, -0.25) is 0 Å². The van der Waals surface area contributed by atoms with Crippen molar-refractivity contribution in [2.75, 3.05) is 0 Å². The van der Waals surface area contributed by atoms with E-state index in [9.17, 15) is 0 Å². The molecule has 128 valence electrons. The maximum Gasteiger partial charge on any atom is 0.0951 e. The van der Waals surface area contributed by atoms with E-state index in [1.165, 1.54) is 30.4 Å². The van der Waals surface area contributed by atoms with Crippen molar-refractivity contribution < 1.29 is 0 Å². The van der Waals surface area contributed by atoms with Crippen LogP contribution in [0.2, 0.25) is 0 Å². The van der Waals surface area contributed by atoms with Crippen LogP contribution in [0.25, 0.3) is 0 Å². The lowest BCUT2D eigenvalue weighted by atomic mass is 9.66. The topological polar surface area (TPSA) is 17.8 Å². The summed E-state index contributed by atoms with van der Waals surface area (Å²) in [5, 5.41) is 0. The molecule has 0 spiro atoms. The fourth-order valence-electron chi connectivity index (χ4n) is 4.60. The summed E-state index contributed by atoms with van der Waals surface area (Å²) >= 11 is 0. The third-order valence-electron chi connectivity index (χ3n) is 6.12. The second-order valence-electron chi connectivity index (χ2n) is 7.56. The Labute approximate surface area is 150 Å². The second kappa shape index (κ2) is 6.51. The summed E-state index contributed by atoms with van der Waals surface area (Å²) in [6, 6.07) is 22.6. The maximum absolute atomic E-state index is 4.43. The quantitative estimate of drug-likeness (QED) is 0.614. The predicted octanol–water partition coefficient (Wildman–Crippen LogP) is 5.54. The van der Waals surface area contributed by atoms with Gasteiger partial charge in [0.1, 0.15) is 0 Å². The van der Waals surface area contributed by atoms with Crippen molar-refractivity contribution in [1.82, 2.24) is 9.55 Å². The molecule has 1 aliphatic carbocycles. The molecule has 2 unspecified atom stereocenters. The standard InChI is InChI=1S/C23H26N2/c1-18-16-25(17-24-18)22-14-13-21(15-22)23(2,19-9-5-3-6-10-19)20-11-7-4-8-12-20/h3-12,16-17,21-22H,13-15H2,1-2H3. The molecule has 0 amide bonds. The van der Waals surface area contributed by atoms with E-state index in [0.717, 1.165) is 5.69 Å². The molecule has 0 aliphatic heterocycles. The predicted molar refractivity (Wildman–Crippen MR) is 103 cm³/mol. The molecule has 4 rings (SSSR count). The van der Waals surface area contributed by atoms with Crippen LogP contribution < -0.4 is 0 Å². The highest BCUT2D eigenvalue weighted by Gasteiger charge is 2.42. The zero-order valence-corrected chi connectivity index (χ0v) is 15.1. The Bertz CT molecular complexity index is 780. The number of benzene rings is 2. The Morgan fingerprint density at radius 1 is 0.920 bits per heavy atom. The van der Waals surface area contributed by atoms with Gasteiger partial charge in [-0.2, -0.15) is 0 Å². The van der Waals surface area contributed by atoms with Gasteiger partial charge in [-0.25, -0.2) is 4.98 Å². The van der Waals surface area contributed by atoms with Crippen molar-refractivity contribution in [3.05, 3.63) is 90.0 Å². The van der Waals surface area contributed by atoms with Gasteiger partial charge in [0, 0.05) is 17.7 Å². The van der Waals surface area contributed by atoms with E-state index in [4.69, 9.17) is 0 Å². The molecule has 25 heavy (non-hydrogen) atoms. The van der Waals surface area contributed by atoms with Gasteiger partial charge in [0.05, 0.1) is 12.0 Å². The van der Waals surface area contributed by atoms with Crippen LogP contribution in [0.1, 0.15) is 49.0 Å². The van der Waals surface area contributed by atoms with Gasteiger partial charge in [-0.15, -0.1) is 0 Å². The molecule has 0 radical (unpaired) electrons. The van der Waals surface area contributed by atoms with Crippen molar-refractivity contribution in [2.24, 2.45) is 5.92 Å². The zero-order valence-electron chi connectivity index (χ0n) is 15.1.